The van der Waals surface area contributed by atoms with Gasteiger partial charge in [0, 0.05) is 36.6 Å². The van der Waals surface area contributed by atoms with Gasteiger partial charge in [-0.2, -0.15) is 0 Å². The van der Waals surface area contributed by atoms with Crippen LogP contribution in [0.1, 0.15) is 22.5 Å². The third-order valence-corrected chi connectivity index (χ3v) is 4.21. The molecule has 1 aromatic heterocycles. The van der Waals surface area contributed by atoms with Crippen LogP contribution in [0.2, 0.25) is 0 Å². The zero-order valence-corrected chi connectivity index (χ0v) is 10.9. The smallest absolute Gasteiger partial charge is 0.263 e. The number of ether oxygens (including phenoxy) is 1. The Morgan fingerprint density at radius 1 is 1.56 bits per heavy atom. The van der Waals surface area contributed by atoms with Crippen LogP contribution in [-0.2, 0) is 4.74 Å². The van der Waals surface area contributed by atoms with Crippen LogP contribution >= 0.6 is 24.0 Å². The van der Waals surface area contributed by atoms with Crippen molar-refractivity contribution in [3.63, 3.8) is 0 Å². The Morgan fingerprint density at radius 2 is 2.25 bits per heavy atom. The Morgan fingerprint density at radius 3 is 2.81 bits per heavy atom. The van der Waals surface area contributed by atoms with Crippen LogP contribution < -0.4 is 0 Å². The molecule has 88 valence electrons. The van der Waals surface area contributed by atoms with Crippen molar-refractivity contribution < 1.29 is 9.53 Å². The molecule has 0 radical (unpaired) electrons. The zero-order chi connectivity index (χ0) is 11.5. The van der Waals surface area contributed by atoms with Crippen molar-refractivity contribution in [3.05, 3.63) is 16.3 Å². The van der Waals surface area contributed by atoms with Crippen molar-refractivity contribution in [2.24, 2.45) is 0 Å². The van der Waals surface area contributed by atoms with Gasteiger partial charge in [0.2, 0.25) is 0 Å². The second-order valence-corrected chi connectivity index (χ2v) is 5.36. The monoisotopic (exact) mass is 257 g/mol. The van der Waals surface area contributed by atoms with Crippen molar-refractivity contribution in [2.75, 3.05) is 20.3 Å². The third kappa shape index (κ3) is 2.59. The summed E-state index contributed by atoms with van der Waals surface area (Å²) in [5.41, 5.74) is 0. The average molecular weight is 257 g/mol. The molecule has 3 nitrogen and oxygen atoms in total. The lowest BCUT2D eigenvalue weighted by Crippen LogP contribution is -2.40. The van der Waals surface area contributed by atoms with E-state index < -0.39 is 0 Å². The molecule has 0 saturated carbocycles. The average Bonchev–Trinajstić information content (AvgIpc) is 2.75. The van der Waals surface area contributed by atoms with Crippen LogP contribution in [0.3, 0.4) is 0 Å². The predicted molar refractivity (Wildman–Crippen MR) is 67.5 cm³/mol. The van der Waals surface area contributed by atoms with Crippen LogP contribution in [0.25, 0.3) is 0 Å². The SMILES string of the molecule is CN(C(=O)c1cc(S)cs1)C1CCOCC1. The van der Waals surface area contributed by atoms with E-state index in [0.717, 1.165) is 35.8 Å². The summed E-state index contributed by atoms with van der Waals surface area (Å²) < 4.78 is 5.29. The second kappa shape index (κ2) is 5.21. The molecule has 0 aliphatic carbocycles. The van der Waals surface area contributed by atoms with Crippen LogP contribution in [0.5, 0.6) is 0 Å². The topological polar surface area (TPSA) is 29.5 Å². The molecule has 0 aromatic carbocycles. The van der Waals surface area contributed by atoms with Crippen LogP contribution in [-0.4, -0.2) is 37.1 Å². The van der Waals surface area contributed by atoms with Gasteiger partial charge in [0.05, 0.1) is 4.88 Å². The number of amides is 1. The van der Waals surface area contributed by atoms with Gasteiger partial charge < -0.3 is 9.64 Å². The minimum atomic E-state index is 0.0946. The number of carbonyl (C=O) groups is 1. The number of thiophene rings is 1. The van der Waals surface area contributed by atoms with E-state index in [1.807, 2.05) is 23.4 Å². The minimum Gasteiger partial charge on any atom is -0.381 e. The number of rotatable bonds is 2. The van der Waals surface area contributed by atoms with Crippen molar-refractivity contribution in [1.82, 2.24) is 4.90 Å². The maximum absolute atomic E-state index is 12.1. The van der Waals surface area contributed by atoms with Crippen molar-refractivity contribution in [2.45, 2.75) is 23.8 Å². The maximum atomic E-state index is 12.1. The summed E-state index contributed by atoms with van der Waals surface area (Å²) in [5.74, 6) is 0.0946. The molecular weight excluding hydrogens is 242 g/mol. The van der Waals surface area contributed by atoms with Crippen molar-refractivity contribution >= 4 is 29.9 Å². The van der Waals surface area contributed by atoms with Crippen LogP contribution in [0, 0.1) is 0 Å². The molecule has 0 atom stereocenters. The molecule has 1 aliphatic rings. The number of hydrogen-bond acceptors (Lipinski definition) is 4. The Balaban J connectivity index is 2.03. The lowest BCUT2D eigenvalue weighted by atomic mass is 10.1. The standard InChI is InChI=1S/C11H15NO2S2/c1-12(8-2-4-14-5-3-8)11(13)10-6-9(15)7-16-10/h6-8,15H,2-5H2,1H3. The summed E-state index contributed by atoms with van der Waals surface area (Å²) in [6.45, 7) is 1.51. The summed E-state index contributed by atoms with van der Waals surface area (Å²) in [4.78, 5) is 15.6. The Labute approximate surface area is 105 Å². The lowest BCUT2D eigenvalue weighted by molar-refractivity contribution is 0.0364. The fourth-order valence-corrected chi connectivity index (χ4v) is 2.98. The van der Waals surface area contributed by atoms with Gasteiger partial charge in [-0.25, -0.2) is 0 Å². The van der Waals surface area contributed by atoms with E-state index in [1.165, 1.54) is 11.3 Å². The highest BCUT2D eigenvalue weighted by Gasteiger charge is 2.23. The third-order valence-electron chi connectivity index (χ3n) is 2.86. The first-order chi connectivity index (χ1) is 7.68. The molecule has 1 saturated heterocycles. The molecule has 2 heterocycles. The van der Waals surface area contributed by atoms with E-state index in [0.29, 0.717) is 6.04 Å². The van der Waals surface area contributed by atoms with Gasteiger partial charge in [0.15, 0.2) is 0 Å². The molecule has 0 spiro atoms. The molecule has 5 heteroatoms. The lowest BCUT2D eigenvalue weighted by Gasteiger charge is -2.30. The van der Waals surface area contributed by atoms with Gasteiger partial charge >= 0.3 is 0 Å². The molecule has 1 aromatic rings. The number of carbonyl (C=O) groups excluding carboxylic acids is 1. The van der Waals surface area contributed by atoms with Crippen LogP contribution in [0.4, 0.5) is 0 Å². The minimum absolute atomic E-state index is 0.0946. The van der Waals surface area contributed by atoms with E-state index in [9.17, 15) is 4.79 Å². The molecule has 0 N–H and O–H groups in total. The number of nitrogens with zero attached hydrogens (tertiary/aromatic N) is 1. The number of thiol groups is 1. The first kappa shape index (κ1) is 12.0. The highest BCUT2D eigenvalue weighted by atomic mass is 32.1. The summed E-state index contributed by atoms with van der Waals surface area (Å²) in [5, 5.41) is 1.88. The van der Waals surface area contributed by atoms with E-state index in [2.05, 4.69) is 12.6 Å². The molecule has 2 rings (SSSR count). The van der Waals surface area contributed by atoms with Gasteiger partial charge in [-0.15, -0.1) is 24.0 Å². The quantitative estimate of drug-likeness (QED) is 0.824. The summed E-state index contributed by atoms with van der Waals surface area (Å²) >= 11 is 5.67. The molecule has 16 heavy (non-hydrogen) atoms. The Bertz CT molecular complexity index is 372. The first-order valence-corrected chi connectivity index (χ1v) is 6.63. The highest BCUT2D eigenvalue weighted by Crippen LogP contribution is 2.21. The summed E-state index contributed by atoms with van der Waals surface area (Å²) in [7, 11) is 1.87. The Kier molecular flexibility index (Phi) is 3.89. The summed E-state index contributed by atoms with van der Waals surface area (Å²) in [6.07, 6.45) is 1.86. The maximum Gasteiger partial charge on any atom is 0.263 e. The van der Waals surface area contributed by atoms with Crippen molar-refractivity contribution in [1.29, 1.82) is 0 Å². The highest BCUT2D eigenvalue weighted by molar-refractivity contribution is 7.80. The summed E-state index contributed by atoms with van der Waals surface area (Å²) in [6, 6.07) is 2.14. The molecule has 1 amide bonds. The number of hydrogen-bond donors (Lipinski definition) is 1. The Hall–Kier alpha value is -0.520. The van der Waals surface area contributed by atoms with Gasteiger partial charge in [-0.1, -0.05) is 0 Å². The molecule has 0 unspecified atom stereocenters. The fourth-order valence-electron chi connectivity index (χ4n) is 1.85. The van der Waals surface area contributed by atoms with Gasteiger partial charge in [-0.3, -0.25) is 4.79 Å². The van der Waals surface area contributed by atoms with E-state index in [4.69, 9.17) is 4.74 Å². The zero-order valence-electron chi connectivity index (χ0n) is 9.18. The molecular formula is C11H15NO2S2. The van der Waals surface area contributed by atoms with E-state index in [-0.39, 0.29) is 5.91 Å². The molecule has 0 bridgehead atoms. The van der Waals surface area contributed by atoms with Gasteiger partial charge in [0.25, 0.3) is 5.91 Å². The van der Waals surface area contributed by atoms with Gasteiger partial charge in [-0.05, 0) is 18.9 Å². The fraction of sp³-hybridized carbons (Fsp3) is 0.545. The predicted octanol–water partition coefficient (Wildman–Crippen LogP) is 2.29. The van der Waals surface area contributed by atoms with Crippen LogP contribution in [0.15, 0.2) is 16.3 Å². The van der Waals surface area contributed by atoms with Gasteiger partial charge in [0.1, 0.15) is 0 Å². The molecule has 1 fully saturated rings. The largest absolute Gasteiger partial charge is 0.381 e. The van der Waals surface area contributed by atoms with E-state index >= 15 is 0 Å². The van der Waals surface area contributed by atoms with Crippen molar-refractivity contribution in [3.8, 4) is 0 Å². The normalized spacial score (nSPS) is 17.4. The second-order valence-electron chi connectivity index (χ2n) is 3.93. The first-order valence-electron chi connectivity index (χ1n) is 5.31. The van der Waals surface area contributed by atoms with E-state index in [1.54, 1.807) is 0 Å². The molecule has 1 aliphatic heterocycles.